The number of aromatic nitrogens is 3. The van der Waals surface area contributed by atoms with Gasteiger partial charge in [-0.25, -0.2) is 19.3 Å². The molecule has 2 aromatic heterocycles. The van der Waals surface area contributed by atoms with Gasteiger partial charge in [-0.05, 0) is 71.5 Å². The van der Waals surface area contributed by atoms with Crippen LogP contribution in [0.5, 0.6) is 0 Å². The lowest BCUT2D eigenvalue weighted by molar-refractivity contribution is 1.18. The maximum absolute atomic E-state index is 8.91. The molecule has 1 aliphatic rings. The predicted molar refractivity (Wildman–Crippen MR) is 222 cm³/mol. The van der Waals surface area contributed by atoms with E-state index in [0.29, 0.717) is 17.2 Å². The molecule has 0 aliphatic heterocycles. The van der Waals surface area contributed by atoms with Gasteiger partial charge in [-0.15, -0.1) is 0 Å². The highest BCUT2D eigenvalue weighted by Crippen LogP contribution is 2.36. The number of nitrogens with zero attached hydrogens (tertiary/aromatic N) is 4. The number of thiol groups is 1. The highest BCUT2D eigenvalue weighted by Gasteiger charge is 2.23. The molecule has 0 unspecified atom stereocenters. The minimum absolute atomic E-state index is 0.345. The van der Waals surface area contributed by atoms with Crippen molar-refractivity contribution < 1.29 is 0 Å². The number of pyridine rings is 1. The predicted octanol–water partition coefficient (Wildman–Crippen LogP) is 11.7. The van der Waals surface area contributed by atoms with Crippen LogP contribution in [-0.2, 0) is 0 Å². The number of para-hydroxylation sites is 1. The van der Waals surface area contributed by atoms with Crippen molar-refractivity contribution >= 4 is 41.2 Å². The second-order valence-corrected chi connectivity index (χ2v) is 13.1. The summed E-state index contributed by atoms with van der Waals surface area (Å²) in [6.07, 6.45) is 3.82. The second kappa shape index (κ2) is 13.8. The maximum Gasteiger partial charge on any atom is 0.160 e. The summed E-state index contributed by atoms with van der Waals surface area (Å²) >= 11 is 4.11. The van der Waals surface area contributed by atoms with Crippen molar-refractivity contribution in [1.29, 1.82) is 5.41 Å². The number of allylic oxidation sites excluding steroid dienone is 1. The van der Waals surface area contributed by atoms with Crippen LogP contribution < -0.4 is 0 Å². The quantitative estimate of drug-likeness (QED) is 0.170. The van der Waals surface area contributed by atoms with E-state index in [0.717, 1.165) is 83.6 Å². The van der Waals surface area contributed by atoms with E-state index in [1.807, 2.05) is 60.7 Å². The first-order valence-electron chi connectivity index (χ1n) is 17.4. The lowest BCUT2D eigenvalue weighted by Gasteiger charge is -2.19. The van der Waals surface area contributed by atoms with Crippen molar-refractivity contribution in [2.75, 3.05) is 0 Å². The molecule has 250 valence electrons. The van der Waals surface area contributed by atoms with Crippen LogP contribution in [-0.4, -0.2) is 26.4 Å². The molecule has 9 rings (SSSR count). The van der Waals surface area contributed by atoms with Gasteiger partial charge in [0.15, 0.2) is 5.82 Å². The number of benzene rings is 6. The van der Waals surface area contributed by atoms with Crippen molar-refractivity contribution in [2.45, 2.75) is 0 Å². The van der Waals surface area contributed by atoms with Crippen molar-refractivity contribution in [1.82, 2.24) is 15.0 Å². The highest BCUT2D eigenvalue weighted by atomic mass is 32.1. The molecule has 0 saturated carbocycles. The molecule has 1 aliphatic carbocycles. The summed E-state index contributed by atoms with van der Waals surface area (Å²) < 4.78 is 4.04. The SMILES string of the molecule is N=C1/C(=N\S)C=Cc2c(-c3ccc(-c4cccc(-c5cc(-c6ccccc6)nc(-c6cccc(-c7ccccc7)c6)n5)c4)cc3)nc3ccccc3c21. The van der Waals surface area contributed by atoms with Crippen molar-refractivity contribution in [3.05, 3.63) is 181 Å². The van der Waals surface area contributed by atoms with Crippen LogP contribution in [0.1, 0.15) is 11.1 Å². The second-order valence-electron chi connectivity index (χ2n) is 12.9. The molecule has 0 atom stereocenters. The van der Waals surface area contributed by atoms with Crippen LogP contribution in [0.25, 0.3) is 84.4 Å². The van der Waals surface area contributed by atoms with E-state index in [2.05, 4.69) is 132 Å². The smallest absolute Gasteiger partial charge is 0.160 e. The topological polar surface area (TPSA) is 74.9 Å². The van der Waals surface area contributed by atoms with Crippen LogP contribution in [0.2, 0.25) is 0 Å². The number of hydrogen-bond donors (Lipinski definition) is 2. The molecular weight excluding hydrogens is 667 g/mol. The third-order valence-corrected chi connectivity index (χ3v) is 9.84. The van der Waals surface area contributed by atoms with Crippen LogP contribution in [0.15, 0.2) is 174 Å². The third-order valence-electron chi connectivity index (χ3n) is 9.63. The number of fused-ring (bicyclic) bond motifs is 3. The van der Waals surface area contributed by atoms with Crippen LogP contribution in [0.3, 0.4) is 0 Å². The van der Waals surface area contributed by atoms with Gasteiger partial charge in [0, 0.05) is 38.8 Å². The fourth-order valence-electron chi connectivity index (χ4n) is 6.96. The normalized spacial score (nSPS) is 13.0. The first-order chi connectivity index (χ1) is 26.1. The van der Waals surface area contributed by atoms with Crippen molar-refractivity contribution in [2.24, 2.45) is 4.40 Å². The molecule has 8 aromatic rings. The Morgan fingerprint density at radius 1 is 0.453 bits per heavy atom. The van der Waals surface area contributed by atoms with Gasteiger partial charge in [-0.3, -0.25) is 5.41 Å². The fraction of sp³-hybridized carbons (Fsp3) is 0. The van der Waals surface area contributed by atoms with E-state index in [9.17, 15) is 0 Å². The van der Waals surface area contributed by atoms with Gasteiger partial charge >= 0.3 is 0 Å². The Labute approximate surface area is 313 Å². The maximum atomic E-state index is 8.91. The summed E-state index contributed by atoms with van der Waals surface area (Å²) in [4.78, 5) is 15.3. The standard InChI is InChI=1S/C47H31N5S/c48-45-41(52-53)26-25-39-44(45)38-19-7-8-20-40(38)49-46(39)33-23-21-31(22-24-33)34-15-9-17-36(27-34)43-29-42(32-13-5-2-6-14-32)50-47(51-43)37-18-10-16-35(28-37)30-11-3-1-4-12-30/h1-29,48,53H/b48-45?,52-41-. The van der Waals surface area contributed by atoms with Gasteiger partial charge in [0.2, 0.25) is 0 Å². The Hall–Kier alpha value is -6.76. The average Bonchev–Trinajstić information content (AvgIpc) is 3.24. The highest BCUT2D eigenvalue weighted by molar-refractivity contribution is 7.79. The van der Waals surface area contributed by atoms with Gasteiger partial charge in [-0.2, -0.15) is 0 Å². The number of hydrogen-bond acceptors (Lipinski definition) is 6. The Kier molecular flexibility index (Phi) is 8.35. The summed E-state index contributed by atoms with van der Waals surface area (Å²) in [6.45, 7) is 0. The molecule has 0 bridgehead atoms. The molecule has 0 amide bonds. The van der Waals surface area contributed by atoms with Crippen molar-refractivity contribution in [3.63, 3.8) is 0 Å². The first-order valence-corrected chi connectivity index (χ1v) is 17.8. The minimum Gasteiger partial charge on any atom is -0.298 e. The third kappa shape index (κ3) is 6.15. The zero-order chi connectivity index (χ0) is 35.7. The number of nitrogens with one attached hydrogen (secondary N) is 1. The molecule has 5 nitrogen and oxygen atoms in total. The molecule has 6 aromatic carbocycles. The summed E-state index contributed by atoms with van der Waals surface area (Å²) in [5.74, 6) is 0.676. The van der Waals surface area contributed by atoms with Gasteiger partial charge in [0.25, 0.3) is 0 Å². The Morgan fingerprint density at radius 3 is 1.72 bits per heavy atom. The van der Waals surface area contributed by atoms with Crippen LogP contribution in [0.4, 0.5) is 0 Å². The largest absolute Gasteiger partial charge is 0.298 e. The van der Waals surface area contributed by atoms with E-state index in [1.54, 1.807) is 0 Å². The van der Waals surface area contributed by atoms with E-state index in [4.69, 9.17) is 20.4 Å². The average molecular weight is 698 g/mol. The fourth-order valence-corrected chi connectivity index (χ4v) is 7.13. The summed E-state index contributed by atoms with van der Waals surface area (Å²) in [6, 6.07) is 56.1. The van der Waals surface area contributed by atoms with Gasteiger partial charge in [0.1, 0.15) is 0 Å². The van der Waals surface area contributed by atoms with Gasteiger partial charge in [-0.1, -0.05) is 140 Å². The van der Waals surface area contributed by atoms with E-state index >= 15 is 0 Å². The van der Waals surface area contributed by atoms with E-state index in [1.165, 1.54) is 0 Å². The molecule has 6 heteroatoms. The van der Waals surface area contributed by atoms with E-state index in [-0.39, 0.29) is 0 Å². The Bertz CT molecular complexity index is 2740. The monoisotopic (exact) mass is 697 g/mol. The molecule has 0 spiro atoms. The molecule has 0 radical (unpaired) electrons. The molecule has 0 saturated heterocycles. The summed E-state index contributed by atoms with van der Waals surface area (Å²) in [5, 5.41) is 9.83. The number of rotatable bonds is 6. The molecule has 2 heterocycles. The Balaban J connectivity index is 1.10. The summed E-state index contributed by atoms with van der Waals surface area (Å²) in [5.41, 5.74) is 14.4. The van der Waals surface area contributed by atoms with Crippen LogP contribution in [0, 0.1) is 5.41 Å². The lowest BCUT2D eigenvalue weighted by Crippen LogP contribution is -2.18. The first kappa shape index (κ1) is 32.2. The molecule has 1 N–H and O–H groups in total. The molecular formula is C47H31N5S. The minimum atomic E-state index is 0.345. The van der Waals surface area contributed by atoms with E-state index < -0.39 is 0 Å². The summed E-state index contributed by atoms with van der Waals surface area (Å²) in [7, 11) is 0. The zero-order valence-corrected chi connectivity index (χ0v) is 29.4. The van der Waals surface area contributed by atoms with Gasteiger partial charge < -0.3 is 0 Å². The molecule has 53 heavy (non-hydrogen) atoms. The Morgan fingerprint density at radius 2 is 1.00 bits per heavy atom. The van der Waals surface area contributed by atoms with Gasteiger partial charge in [0.05, 0.1) is 34.0 Å². The van der Waals surface area contributed by atoms with Crippen LogP contribution >= 0.6 is 12.8 Å². The lowest BCUT2D eigenvalue weighted by atomic mass is 9.88. The van der Waals surface area contributed by atoms with Crippen molar-refractivity contribution in [3.8, 4) is 67.4 Å². The zero-order valence-electron chi connectivity index (χ0n) is 28.5. The molecule has 0 fully saturated rings.